The van der Waals surface area contributed by atoms with Crippen LogP contribution in [0.15, 0.2) is 18.2 Å². The summed E-state index contributed by atoms with van der Waals surface area (Å²) in [5.41, 5.74) is 0.885. The molecule has 2 heterocycles. The first-order chi connectivity index (χ1) is 14.8. The van der Waals surface area contributed by atoms with E-state index in [9.17, 15) is 18.4 Å². The van der Waals surface area contributed by atoms with E-state index < -0.39 is 11.6 Å². The maximum atomic E-state index is 13.8. The highest BCUT2D eigenvalue weighted by Gasteiger charge is 2.30. The van der Waals surface area contributed by atoms with E-state index in [1.54, 1.807) is 11.3 Å². The summed E-state index contributed by atoms with van der Waals surface area (Å²) in [4.78, 5) is 34.8. The first-order valence-electron chi connectivity index (χ1n) is 10.6. The molecule has 1 aliphatic heterocycles. The first-order valence-corrected chi connectivity index (χ1v) is 11.4. The Balaban J connectivity index is 1.38. The molecule has 31 heavy (non-hydrogen) atoms. The fourth-order valence-electron chi connectivity index (χ4n) is 4.03. The number of halogens is 2. The largest absolute Gasteiger partial charge is 0.345 e. The Bertz CT molecular complexity index is 986. The van der Waals surface area contributed by atoms with Crippen molar-refractivity contribution in [2.75, 3.05) is 36.4 Å². The SMILES string of the molecule is CC(C)C(=O)N1CCN(c2nc3c(s2)CC(C(=O)Nc2cc(F)ccc2F)CC3)CC1. The Hall–Kier alpha value is -2.55. The Kier molecular flexibility index (Phi) is 6.22. The number of nitrogens with one attached hydrogen (secondary N) is 1. The zero-order chi connectivity index (χ0) is 22.1. The van der Waals surface area contributed by atoms with Gasteiger partial charge in [-0.25, -0.2) is 13.8 Å². The minimum atomic E-state index is -0.651. The molecule has 1 saturated heterocycles. The summed E-state index contributed by atoms with van der Waals surface area (Å²) in [5, 5.41) is 3.46. The lowest BCUT2D eigenvalue weighted by Gasteiger charge is -2.35. The highest BCUT2D eigenvalue weighted by molar-refractivity contribution is 7.15. The van der Waals surface area contributed by atoms with Crippen molar-refractivity contribution in [1.29, 1.82) is 0 Å². The quantitative estimate of drug-likeness (QED) is 0.778. The average Bonchev–Trinajstić information content (AvgIpc) is 3.19. The van der Waals surface area contributed by atoms with Crippen molar-refractivity contribution in [3.8, 4) is 0 Å². The minimum absolute atomic E-state index is 0.00246. The lowest BCUT2D eigenvalue weighted by molar-refractivity contribution is -0.134. The Morgan fingerprint density at radius 3 is 2.65 bits per heavy atom. The number of nitrogens with zero attached hydrogens (tertiary/aromatic N) is 3. The molecule has 0 saturated carbocycles. The van der Waals surface area contributed by atoms with Crippen LogP contribution in [0.1, 0.15) is 30.8 Å². The second-order valence-corrected chi connectivity index (χ2v) is 9.45. The van der Waals surface area contributed by atoms with E-state index in [0.717, 1.165) is 47.0 Å². The van der Waals surface area contributed by atoms with Crippen LogP contribution < -0.4 is 10.2 Å². The molecule has 1 atom stereocenters. The maximum absolute atomic E-state index is 13.8. The molecule has 1 fully saturated rings. The van der Waals surface area contributed by atoms with Crippen LogP contribution in [0.4, 0.5) is 19.6 Å². The number of benzene rings is 1. The fraction of sp³-hybridized carbons (Fsp3) is 0.500. The highest BCUT2D eigenvalue weighted by atomic mass is 32.1. The summed E-state index contributed by atoms with van der Waals surface area (Å²) in [7, 11) is 0. The summed E-state index contributed by atoms with van der Waals surface area (Å²) in [6, 6.07) is 3.03. The van der Waals surface area contributed by atoms with Crippen LogP contribution in [0.25, 0.3) is 0 Å². The predicted octanol–water partition coefficient (Wildman–Crippen LogP) is 3.47. The number of carbonyl (C=O) groups excluding carboxylic acids is 2. The summed E-state index contributed by atoms with van der Waals surface area (Å²) in [5.74, 6) is -1.66. The van der Waals surface area contributed by atoms with Crippen LogP contribution in [0, 0.1) is 23.5 Å². The molecule has 0 spiro atoms. The molecule has 166 valence electrons. The normalized spacial score (nSPS) is 18.8. The van der Waals surface area contributed by atoms with Gasteiger partial charge in [-0.05, 0) is 31.4 Å². The van der Waals surface area contributed by atoms with Crippen molar-refractivity contribution in [3.63, 3.8) is 0 Å². The number of fused-ring (bicyclic) bond motifs is 1. The van der Waals surface area contributed by atoms with Crippen molar-refractivity contribution >= 4 is 34.0 Å². The zero-order valence-corrected chi connectivity index (χ0v) is 18.5. The molecule has 0 radical (unpaired) electrons. The number of aromatic nitrogens is 1. The van der Waals surface area contributed by atoms with Crippen molar-refractivity contribution < 1.29 is 18.4 Å². The van der Waals surface area contributed by atoms with Crippen LogP contribution in [0.5, 0.6) is 0 Å². The topological polar surface area (TPSA) is 65.5 Å². The third-order valence-corrected chi connectivity index (χ3v) is 7.02. The van der Waals surface area contributed by atoms with Gasteiger partial charge in [0.25, 0.3) is 0 Å². The standard InChI is InChI=1S/C22H26F2N4O2S/c1-13(2)21(30)27-7-9-28(10-8-27)22-26-17-6-3-14(11-19(17)31-22)20(29)25-18-12-15(23)4-5-16(18)24/h4-5,12-14H,3,6-11H2,1-2H3,(H,25,29). The summed E-state index contributed by atoms with van der Waals surface area (Å²) in [6.07, 6.45) is 1.85. The molecule has 4 rings (SSSR count). The third kappa shape index (κ3) is 4.71. The van der Waals surface area contributed by atoms with Gasteiger partial charge in [0.2, 0.25) is 11.8 Å². The second kappa shape index (κ2) is 8.90. The van der Waals surface area contributed by atoms with Crippen molar-refractivity contribution in [3.05, 3.63) is 40.4 Å². The molecule has 1 aromatic carbocycles. The lowest BCUT2D eigenvalue weighted by Crippen LogP contribution is -2.49. The van der Waals surface area contributed by atoms with Crippen LogP contribution in [0.3, 0.4) is 0 Å². The number of piperazine rings is 1. The van der Waals surface area contributed by atoms with Crippen molar-refractivity contribution in [2.24, 2.45) is 11.8 Å². The molecule has 2 aliphatic rings. The number of carbonyl (C=O) groups is 2. The van der Waals surface area contributed by atoms with Gasteiger partial charge in [0.15, 0.2) is 5.13 Å². The van der Waals surface area contributed by atoms with E-state index in [-0.39, 0.29) is 29.3 Å². The summed E-state index contributed by atoms with van der Waals surface area (Å²) < 4.78 is 27.2. The predicted molar refractivity (Wildman–Crippen MR) is 116 cm³/mol. The van der Waals surface area contributed by atoms with Crippen LogP contribution >= 0.6 is 11.3 Å². The van der Waals surface area contributed by atoms with Gasteiger partial charge in [0.1, 0.15) is 11.6 Å². The van der Waals surface area contributed by atoms with E-state index in [4.69, 9.17) is 4.98 Å². The van der Waals surface area contributed by atoms with E-state index in [1.807, 2.05) is 18.7 Å². The van der Waals surface area contributed by atoms with E-state index in [2.05, 4.69) is 10.2 Å². The van der Waals surface area contributed by atoms with Gasteiger partial charge in [-0.3, -0.25) is 9.59 Å². The number of thiazole rings is 1. The minimum Gasteiger partial charge on any atom is -0.345 e. The fourth-order valence-corrected chi connectivity index (χ4v) is 5.27. The molecule has 2 amide bonds. The molecular formula is C22H26F2N4O2S. The molecule has 6 nitrogen and oxygen atoms in total. The number of aryl methyl sites for hydroxylation is 1. The molecule has 1 aromatic heterocycles. The number of amides is 2. The van der Waals surface area contributed by atoms with Gasteiger partial charge >= 0.3 is 0 Å². The van der Waals surface area contributed by atoms with Crippen LogP contribution in [-0.2, 0) is 22.4 Å². The van der Waals surface area contributed by atoms with E-state index in [0.29, 0.717) is 32.4 Å². The van der Waals surface area contributed by atoms with Gasteiger partial charge in [-0.15, -0.1) is 11.3 Å². The number of rotatable bonds is 4. The second-order valence-electron chi connectivity index (χ2n) is 8.39. The van der Waals surface area contributed by atoms with Gasteiger partial charge in [0, 0.05) is 49.0 Å². The Morgan fingerprint density at radius 1 is 1.19 bits per heavy atom. The summed E-state index contributed by atoms with van der Waals surface area (Å²) >= 11 is 1.59. The summed E-state index contributed by atoms with van der Waals surface area (Å²) in [6.45, 7) is 6.69. The molecule has 0 bridgehead atoms. The maximum Gasteiger partial charge on any atom is 0.227 e. The highest BCUT2D eigenvalue weighted by Crippen LogP contribution is 2.35. The molecule has 9 heteroatoms. The first kappa shape index (κ1) is 21.7. The van der Waals surface area contributed by atoms with Crippen molar-refractivity contribution in [1.82, 2.24) is 9.88 Å². The molecular weight excluding hydrogens is 422 g/mol. The van der Waals surface area contributed by atoms with E-state index >= 15 is 0 Å². The van der Waals surface area contributed by atoms with Gasteiger partial charge < -0.3 is 15.1 Å². The number of hydrogen-bond donors (Lipinski definition) is 1. The Labute approximate surface area is 184 Å². The molecule has 1 N–H and O–H groups in total. The number of hydrogen-bond acceptors (Lipinski definition) is 5. The van der Waals surface area contributed by atoms with Gasteiger partial charge in [-0.2, -0.15) is 0 Å². The Morgan fingerprint density at radius 2 is 1.94 bits per heavy atom. The van der Waals surface area contributed by atoms with Crippen LogP contribution in [-0.4, -0.2) is 47.9 Å². The van der Waals surface area contributed by atoms with E-state index in [1.165, 1.54) is 0 Å². The van der Waals surface area contributed by atoms with Crippen LogP contribution in [0.2, 0.25) is 0 Å². The zero-order valence-electron chi connectivity index (χ0n) is 17.7. The third-order valence-electron chi connectivity index (χ3n) is 5.84. The van der Waals surface area contributed by atoms with Gasteiger partial charge in [-0.1, -0.05) is 13.8 Å². The molecule has 1 aliphatic carbocycles. The lowest BCUT2D eigenvalue weighted by atomic mass is 9.90. The average molecular weight is 449 g/mol. The molecule has 1 unspecified atom stereocenters. The van der Waals surface area contributed by atoms with Gasteiger partial charge in [0.05, 0.1) is 11.4 Å². The number of anilines is 2. The monoisotopic (exact) mass is 448 g/mol. The molecule has 2 aromatic rings. The smallest absolute Gasteiger partial charge is 0.227 e. The van der Waals surface area contributed by atoms with Crippen molar-refractivity contribution in [2.45, 2.75) is 33.1 Å².